The summed E-state index contributed by atoms with van der Waals surface area (Å²) in [5, 5.41) is 5.39. The molecule has 0 saturated carbocycles. The van der Waals surface area contributed by atoms with Crippen LogP contribution in [0.5, 0.6) is 11.5 Å². The maximum absolute atomic E-state index is 14.2. The second-order valence-electron chi connectivity index (χ2n) is 13.7. The number of hydrogen-bond acceptors (Lipinski definition) is 8. The zero-order valence-corrected chi connectivity index (χ0v) is 33.1. The lowest BCUT2D eigenvalue weighted by atomic mass is 9.84. The first-order valence-corrected chi connectivity index (χ1v) is 20.0. The van der Waals surface area contributed by atoms with Crippen molar-refractivity contribution in [2.24, 2.45) is 0 Å². The molecule has 6 aromatic rings. The number of hydrogen-bond donors (Lipinski definition) is 2. The van der Waals surface area contributed by atoms with Gasteiger partial charge in [-0.3, -0.25) is 4.79 Å². The van der Waals surface area contributed by atoms with Crippen LogP contribution in [0.25, 0.3) is 11.1 Å². The molecular formula is C48H44N2O7S. The van der Waals surface area contributed by atoms with Gasteiger partial charge in [-0.15, -0.1) is 11.8 Å². The van der Waals surface area contributed by atoms with Crippen molar-refractivity contribution < 1.29 is 33.3 Å². The Morgan fingerprint density at radius 2 is 1.22 bits per heavy atom. The van der Waals surface area contributed by atoms with Gasteiger partial charge in [0.05, 0.1) is 11.9 Å². The minimum atomic E-state index is -1.11. The van der Waals surface area contributed by atoms with E-state index in [9.17, 15) is 14.4 Å². The van der Waals surface area contributed by atoms with E-state index in [1.165, 1.54) is 25.9 Å². The third-order valence-corrected chi connectivity index (χ3v) is 11.8. The third kappa shape index (κ3) is 8.72. The molecule has 6 aromatic carbocycles. The van der Waals surface area contributed by atoms with Crippen LogP contribution in [0, 0.1) is 0 Å². The summed E-state index contributed by atoms with van der Waals surface area (Å²) in [5.74, 6) is -0.123. The minimum absolute atomic E-state index is 0.0856. The van der Waals surface area contributed by atoms with Crippen molar-refractivity contribution >= 4 is 29.7 Å². The van der Waals surface area contributed by atoms with E-state index in [4.69, 9.17) is 18.9 Å². The van der Waals surface area contributed by atoms with Crippen molar-refractivity contribution in [3.05, 3.63) is 191 Å². The molecule has 0 bridgehead atoms. The molecule has 10 heteroatoms. The number of methoxy groups -OCH3 is 1. The van der Waals surface area contributed by atoms with E-state index in [-0.39, 0.29) is 37.4 Å². The van der Waals surface area contributed by atoms with Gasteiger partial charge in [-0.25, -0.2) is 9.59 Å². The summed E-state index contributed by atoms with van der Waals surface area (Å²) in [5.41, 5.74) is 8.00. The van der Waals surface area contributed by atoms with Crippen LogP contribution in [0.1, 0.15) is 39.3 Å². The van der Waals surface area contributed by atoms with Gasteiger partial charge < -0.3 is 29.6 Å². The summed E-state index contributed by atoms with van der Waals surface area (Å²) < 4.78 is 22.3. The Labute approximate surface area is 342 Å². The second-order valence-corrected chi connectivity index (χ2v) is 14.9. The highest BCUT2D eigenvalue weighted by Crippen LogP contribution is 2.49. The predicted octanol–water partition coefficient (Wildman–Crippen LogP) is 8.50. The Kier molecular flexibility index (Phi) is 12.7. The van der Waals surface area contributed by atoms with Gasteiger partial charge in [0.15, 0.2) is 6.61 Å². The normalized spacial score (nSPS) is 12.4. The molecular weight excluding hydrogens is 749 g/mol. The average Bonchev–Trinajstić information content (AvgIpc) is 3.60. The largest absolute Gasteiger partial charge is 0.496 e. The average molecular weight is 793 g/mol. The number of rotatable bonds is 16. The topological polar surface area (TPSA) is 112 Å². The monoisotopic (exact) mass is 792 g/mol. The number of nitrogens with one attached hydrogen (secondary N) is 2. The van der Waals surface area contributed by atoms with Crippen molar-refractivity contribution in [1.82, 2.24) is 10.6 Å². The molecule has 0 fully saturated rings. The summed E-state index contributed by atoms with van der Waals surface area (Å²) in [6.07, 6.45) is -0.732. The number of benzene rings is 6. The fourth-order valence-electron chi connectivity index (χ4n) is 7.33. The van der Waals surface area contributed by atoms with Crippen LogP contribution in [0.2, 0.25) is 0 Å². The number of ether oxygens (including phenoxy) is 4. The van der Waals surface area contributed by atoms with Crippen molar-refractivity contribution in [2.75, 3.05) is 33.1 Å². The van der Waals surface area contributed by atoms with Crippen molar-refractivity contribution in [1.29, 1.82) is 0 Å². The Bertz CT molecular complexity index is 2200. The van der Waals surface area contributed by atoms with Crippen LogP contribution >= 0.6 is 11.8 Å². The third-order valence-electron chi connectivity index (χ3n) is 10.2. The lowest BCUT2D eigenvalue weighted by Gasteiger charge is -2.36. The molecule has 294 valence electrons. The summed E-state index contributed by atoms with van der Waals surface area (Å²) in [4.78, 5) is 39.8. The van der Waals surface area contributed by atoms with E-state index >= 15 is 0 Å². The number of alkyl carbamates (subject to hydrolysis) is 1. The van der Waals surface area contributed by atoms with E-state index < -0.39 is 22.9 Å². The Balaban J connectivity index is 1.16. The van der Waals surface area contributed by atoms with E-state index in [0.717, 1.165) is 38.9 Å². The van der Waals surface area contributed by atoms with Gasteiger partial charge in [-0.2, -0.15) is 0 Å². The molecule has 9 nitrogen and oxygen atoms in total. The number of likely N-dealkylation sites (N-methyl/N-ethyl adjacent to an activating group) is 1. The zero-order valence-electron chi connectivity index (χ0n) is 32.3. The smallest absolute Gasteiger partial charge is 0.407 e. The van der Waals surface area contributed by atoms with Gasteiger partial charge in [0.25, 0.3) is 5.91 Å². The van der Waals surface area contributed by atoms with Crippen LogP contribution in [0.4, 0.5) is 4.79 Å². The molecule has 0 spiro atoms. The van der Waals surface area contributed by atoms with Crippen LogP contribution < -0.4 is 20.1 Å². The van der Waals surface area contributed by atoms with E-state index in [0.29, 0.717) is 17.1 Å². The van der Waals surface area contributed by atoms with Gasteiger partial charge in [0.2, 0.25) is 0 Å². The first-order chi connectivity index (χ1) is 28.4. The molecule has 7 rings (SSSR count). The molecule has 1 atom stereocenters. The molecule has 2 amide bonds. The zero-order chi connectivity index (χ0) is 40.3. The van der Waals surface area contributed by atoms with E-state index in [1.807, 2.05) is 78.9 Å². The van der Waals surface area contributed by atoms with E-state index in [1.54, 1.807) is 18.2 Å². The highest BCUT2D eigenvalue weighted by molar-refractivity contribution is 8.00. The molecule has 1 aliphatic rings. The van der Waals surface area contributed by atoms with Crippen LogP contribution in [-0.2, 0) is 30.4 Å². The maximum atomic E-state index is 14.2. The molecule has 2 N–H and O–H groups in total. The van der Waals surface area contributed by atoms with Crippen LogP contribution in [-0.4, -0.2) is 57.1 Å². The number of fused-ring (bicyclic) bond motifs is 3. The quantitative estimate of drug-likeness (QED) is 0.0742. The molecule has 0 heterocycles. The fourth-order valence-corrected chi connectivity index (χ4v) is 8.88. The summed E-state index contributed by atoms with van der Waals surface area (Å²) in [6, 6.07) is 50.5. The summed E-state index contributed by atoms with van der Waals surface area (Å²) in [7, 11) is 3.03. The Morgan fingerprint density at radius 1 is 0.690 bits per heavy atom. The SMILES string of the molecule is CNC(=O)COc1ccc(COC(=O)[C@H](CSC(c2ccccc2)(c2ccccc2)c2ccccc2)NC(=O)OCC2c3ccccc3-c3ccccc32)c(OC)c1. The fraction of sp³-hybridized carbons (Fsp3) is 0.188. The lowest BCUT2D eigenvalue weighted by Crippen LogP contribution is -2.45. The summed E-state index contributed by atoms with van der Waals surface area (Å²) >= 11 is 1.53. The minimum Gasteiger partial charge on any atom is -0.496 e. The van der Waals surface area contributed by atoms with Crippen LogP contribution in [0.15, 0.2) is 158 Å². The Hall–Kier alpha value is -6.52. The summed E-state index contributed by atoms with van der Waals surface area (Å²) in [6.45, 7) is -0.222. The lowest BCUT2D eigenvalue weighted by molar-refractivity contribution is -0.146. The van der Waals surface area contributed by atoms with Crippen LogP contribution in [0.3, 0.4) is 0 Å². The molecule has 0 saturated heterocycles. The molecule has 0 radical (unpaired) electrons. The maximum Gasteiger partial charge on any atom is 0.407 e. The number of carbonyl (C=O) groups is 3. The van der Waals surface area contributed by atoms with Crippen molar-refractivity contribution in [2.45, 2.75) is 23.3 Å². The van der Waals surface area contributed by atoms with Gasteiger partial charge in [-0.1, -0.05) is 140 Å². The van der Waals surface area contributed by atoms with Gasteiger partial charge in [-0.05, 0) is 51.1 Å². The van der Waals surface area contributed by atoms with Crippen molar-refractivity contribution in [3.63, 3.8) is 0 Å². The Morgan fingerprint density at radius 3 is 1.76 bits per heavy atom. The molecule has 1 aliphatic carbocycles. The molecule has 0 aliphatic heterocycles. The number of esters is 1. The second kappa shape index (κ2) is 18.6. The predicted molar refractivity (Wildman–Crippen MR) is 226 cm³/mol. The first-order valence-electron chi connectivity index (χ1n) is 19.0. The molecule has 58 heavy (non-hydrogen) atoms. The van der Waals surface area contributed by atoms with Gasteiger partial charge in [0, 0.05) is 30.3 Å². The van der Waals surface area contributed by atoms with Crippen molar-refractivity contribution in [3.8, 4) is 22.6 Å². The first kappa shape index (κ1) is 39.7. The molecule has 0 aromatic heterocycles. The van der Waals surface area contributed by atoms with E-state index in [2.05, 4.69) is 71.3 Å². The number of carbonyl (C=O) groups excluding carboxylic acids is 3. The van der Waals surface area contributed by atoms with Gasteiger partial charge >= 0.3 is 12.1 Å². The molecule has 0 unspecified atom stereocenters. The standard InChI is InChI=1S/C48H44N2O7S/c1-49-45(51)31-55-37-27-26-33(44(28-37)54-2)29-56-46(52)43(50-47(53)57-30-42-40-24-14-12-22-38(40)39-23-13-15-25-41(39)42)32-58-48(34-16-6-3-7-17-34,35-18-8-4-9-19-35)36-20-10-5-11-21-36/h3-28,42-43H,29-32H2,1-2H3,(H,49,51)(H,50,53)/t43-/m0/s1. The highest BCUT2D eigenvalue weighted by Gasteiger charge is 2.39. The highest BCUT2D eigenvalue weighted by atomic mass is 32.2. The van der Waals surface area contributed by atoms with Gasteiger partial charge in [0.1, 0.15) is 30.8 Å². The number of thioether (sulfide) groups is 1. The number of amides is 2.